The molecule has 2 rings (SSSR count). The zero-order chi connectivity index (χ0) is 13.7. The Labute approximate surface area is 107 Å². The zero-order valence-electron chi connectivity index (χ0n) is 10.6. The largest absolute Gasteiger partial charge is 0.488 e. The molecule has 2 N–H and O–H groups in total. The summed E-state index contributed by atoms with van der Waals surface area (Å²) in [5.41, 5.74) is 0.181. The zero-order valence-corrected chi connectivity index (χ0v) is 11.4. The van der Waals surface area contributed by atoms with Gasteiger partial charge in [-0.1, -0.05) is 12.1 Å². The number of sulfonamides is 1. The highest BCUT2D eigenvalue weighted by molar-refractivity contribution is 7.89. The van der Waals surface area contributed by atoms with Gasteiger partial charge in [0.2, 0.25) is 10.0 Å². The smallest absolute Gasteiger partial charge is 0.423 e. The van der Waals surface area contributed by atoms with Crippen molar-refractivity contribution in [3.8, 4) is 0 Å². The third-order valence-corrected chi connectivity index (χ3v) is 5.26. The van der Waals surface area contributed by atoms with Crippen molar-refractivity contribution in [2.24, 2.45) is 0 Å². The molecule has 0 saturated carbocycles. The lowest BCUT2D eigenvalue weighted by molar-refractivity contribution is 0.252. The molecule has 0 atom stereocenters. The van der Waals surface area contributed by atoms with Gasteiger partial charge in [0, 0.05) is 12.1 Å². The molecule has 0 amide bonds. The minimum absolute atomic E-state index is 0.169. The van der Waals surface area contributed by atoms with Crippen LogP contribution in [0.15, 0.2) is 23.1 Å². The molecule has 18 heavy (non-hydrogen) atoms. The molecule has 7 heteroatoms. The van der Waals surface area contributed by atoms with Gasteiger partial charge in [0.1, 0.15) is 0 Å². The summed E-state index contributed by atoms with van der Waals surface area (Å²) in [5.74, 6) is 0. The Balaban J connectivity index is 2.63. The van der Waals surface area contributed by atoms with Gasteiger partial charge in [-0.2, -0.15) is 4.31 Å². The van der Waals surface area contributed by atoms with Crippen LogP contribution in [0.1, 0.15) is 26.3 Å². The van der Waals surface area contributed by atoms with Gasteiger partial charge in [-0.15, -0.1) is 0 Å². The molecule has 1 aliphatic rings. The van der Waals surface area contributed by atoms with Gasteiger partial charge in [0.25, 0.3) is 0 Å². The number of benzene rings is 1. The molecule has 5 nitrogen and oxygen atoms in total. The quantitative estimate of drug-likeness (QED) is 0.684. The van der Waals surface area contributed by atoms with E-state index in [0.717, 1.165) is 0 Å². The van der Waals surface area contributed by atoms with Gasteiger partial charge in [0.05, 0.1) is 4.90 Å². The average molecular weight is 269 g/mol. The van der Waals surface area contributed by atoms with E-state index in [2.05, 4.69) is 0 Å². The van der Waals surface area contributed by atoms with Gasteiger partial charge in [-0.3, -0.25) is 0 Å². The minimum atomic E-state index is -3.55. The lowest BCUT2D eigenvalue weighted by Gasteiger charge is -2.29. The molecule has 0 unspecified atom stereocenters. The molecule has 98 valence electrons. The Kier molecular flexibility index (Phi) is 3.05. The van der Waals surface area contributed by atoms with Gasteiger partial charge in [-0.05, 0) is 37.9 Å². The first-order chi connectivity index (χ1) is 8.15. The lowest BCUT2D eigenvalue weighted by atomic mass is 9.77. The van der Waals surface area contributed by atoms with Crippen LogP contribution in [0.5, 0.6) is 0 Å². The number of hydrogen-bond donors (Lipinski definition) is 2. The van der Waals surface area contributed by atoms with E-state index in [9.17, 15) is 18.5 Å². The first-order valence-electron chi connectivity index (χ1n) is 5.66. The molecular weight excluding hydrogens is 253 g/mol. The third-order valence-electron chi connectivity index (χ3n) is 3.07. The SMILES string of the molecule is CC(C)(C)N1Cc2c(B(O)O)cccc2S1(=O)=O. The Bertz CT molecular complexity index is 577. The third kappa shape index (κ3) is 1.97. The number of nitrogens with zero attached hydrogens (tertiary/aromatic N) is 1. The first kappa shape index (κ1) is 13.5. The van der Waals surface area contributed by atoms with E-state index in [4.69, 9.17) is 0 Å². The summed E-state index contributed by atoms with van der Waals surface area (Å²) in [4.78, 5) is 0.169. The van der Waals surface area contributed by atoms with Crippen molar-refractivity contribution in [3.05, 3.63) is 23.8 Å². The molecule has 0 aromatic heterocycles. The van der Waals surface area contributed by atoms with Crippen molar-refractivity contribution in [2.45, 2.75) is 37.8 Å². The van der Waals surface area contributed by atoms with Crippen LogP contribution in [-0.2, 0) is 16.6 Å². The minimum Gasteiger partial charge on any atom is -0.423 e. The fourth-order valence-electron chi connectivity index (χ4n) is 2.18. The Morgan fingerprint density at radius 2 is 1.89 bits per heavy atom. The molecule has 1 aliphatic heterocycles. The van der Waals surface area contributed by atoms with Gasteiger partial charge < -0.3 is 10.0 Å². The number of rotatable bonds is 1. The van der Waals surface area contributed by atoms with Crippen LogP contribution >= 0.6 is 0 Å². The van der Waals surface area contributed by atoms with Crippen molar-refractivity contribution in [3.63, 3.8) is 0 Å². The van der Waals surface area contributed by atoms with Gasteiger partial charge in [0.15, 0.2) is 0 Å². The molecule has 1 aromatic rings. The second-order valence-electron chi connectivity index (χ2n) is 5.38. The Morgan fingerprint density at radius 3 is 2.39 bits per heavy atom. The monoisotopic (exact) mass is 269 g/mol. The molecule has 1 aromatic carbocycles. The van der Waals surface area contributed by atoms with Gasteiger partial charge >= 0.3 is 7.12 Å². The van der Waals surface area contributed by atoms with Crippen LogP contribution < -0.4 is 5.46 Å². The Hall–Kier alpha value is -0.885. The van der Waals surface area contributed by atoms with E-state index in [1.165, 1.54) is 22.5 Å². The maximum absolute atomic E-state index is 12.4. The van der Waals surface area contributed by atoms with Crippen LogP contribution in [0.2, 0.25) is 0 Å². The second-order valence-corrected chi connectivity index (χ2v) is 7.21. The number of fused-ring (bicyclic) bond motifs is 1. The Morgan fingerprint density at radius 1 is 1.28 bits per heavy atom. The average Bonchev–Trinajstić information content (AvgIpc) is 2.50. The fourth-order valence-corrected chi connectivity index (χ4v) is 4.18. The summed E-state index contributed by atoms with van der Waals surface area (Å²) in [5, 5.41) is 18.6. The van der Waals surface area contributed by atoms with Crippen LogP contribution in [0.4, 0.5) is 0 Å². The highest BCUT2D eigenvalue weighted by atomic mass is 32.2. The predicted octanol–water partition coefficient (Wildman–Crippen LogP) is -0.331. The van der Waals surface area contributed by atoms with Crippen molar-refractivity contribution >= 4 is 22.6 Å². The second kappa shape index (κ2) is 4.06. The normalized spacial score (nSPS) is 18.7. The highest BCUT2D eigenvalue weighted by Gasteiger charge is 2.42. The summed E-state index contributed by atoms with van der Waals surface area (Å²) in [6.07, 6.45) is 0. The van der Waals surface area contributed by atoms with Crippen molar-refractivity contribution < 1.29 is 18.5 Å². The molecule has 0 bridgehead atoms. The standard InChI is InChI=1S/C11H16BNO4S/c1-11(2,3)13-7-8-9(12(14)15)5-4-6-10(8)18(13,16)17/h4-6,14-15H,7H2,1-3H3. The highest BCUT2D eigenvalue weighted by Crippen LogP contribution is 2.34. The molecule has 0 radical (unpaired) electrons. The molecule has 0 spiro atoms. The van der Waals surface area contributed by atoms with Crippen LogP contribution in [0.3, 0.4) is 0 Å². The molecule has 0 saturated heterocycles. The maximum atomic E-state index is 12.4. The number of hydrogen-bond acceptors (Lipinski definition) is 4. The van der Waals surface area contributed by atoms with E-state index in [1.54, 1.807) is 0 Å². The van der Waals surface area contributed by atoms with Gasteiger partial charge in [-0.25, -0.2) is 8.42 Å². The van der Waals surface area contributed by atoms with Crippen molar-refractivity contribution in [1.82, 2.24) is 4.31 Å². The van der Waals surface area contributed by atoms with Crippen molar-refractivity contribution in [2.75, 3.05) is 0 Å². The van der Waals surface area contributed by atoms with E-state index in [1.807, 2.05) is 20.8 Å². The summed E-state index contributed by atoms with van der Waals surface area (Å²) < 4.78 is 26.1. The molecular formula is C11H16BNO4S. The predicted molar refractivity (Wildman–Crippen MR) is 68.7 cm³/mol. The summed E-state index contributed by atoms with van der Waals surface area (Å²) >= 11 is 0. The van der Waals surface area contributed by atoms with Crippen LogP contribution in [-0.4, -0.2) is 35.4 Å². The lowest BCUT2D eigenvalue weighted by Crippen LogP contribution is -2.41. The van der Waals surface area contributed by atoms with Crippen LogP contribution in [0.25, 0.3) is 0 Å². The molecule has 0 aliphatic carbocycles. The van der Waals surface area contributed by atoms with Crippen molar-refractivity contribution in [1.29, 1.82) is 0 Å². The summed E-state index contributed by atoms with van der Waals surface area (Å²) in [6, 6.07) is 4.56. The van der Waals surface area contributed by atoms with Crippen LogP contribution in [0, 0.1) is 0 Å². The van der Waals surface area contributed by atoms with E-state index in [-0.39, 0.29) is 16.9 Å². The molecule has 0 fully saturated rings. The summed E-state index contributed by atoms with van der Waals surface area (Å²) in [6.45, 7) is 5.61. The summed E-state index contributed by atoms with van der Waals surface area (Å²) in [7, 11) is -5.21. The van der Waals surface area contributed by atoms with E-state index >= 15 is 0 Å². The van der Waals surface area contributed by atoms with E-state index in [0.29, 0.717) is 5.56 Å². The first-order valence-corrected chi connectivity index (χ1v) is 7.10. The molecule has 1 heterocycles. The topological polar surface area (TPSA) is 77.8 Å². The fraction of sp³-hybridized carbons (Fsp3) is 0.455. The van der Waals surface area contributed by atoms with E-state index < -0.39 is 22.7 Å². The maximum Gasteiger partial charge on any atom is 0.488 e.